The first-order valence-corrected chi connectivity index (χ1v) is 14.8. The number of imidazole rings is 1. The number of ether oxygens (including phenoxy) is 2. The Bertz CT molecular complexity index is 1680. The molecular formula is C32H38ClN5O5. The van der Waals surface area contributed by atoms with Crippen LogP contribution in [0.3, 0.4) is 0 Å². The Morgan fingerprint density at radius 2 is 1.95 bits per heavy atom. The van der Waals surface area contributed by atoms with E-state index in [1.54, 1.807) is 35.4 Å². The number of nitrogens with one attached hydrogen (secondary N) is 3. The molecule has 1 aliphatic rings. The molecular weight excluding hydrogens is 570 g/mol. The summed E-state index contributed by atoms with van der Waals surface area (Å²) in [6, 6.07) is 11.1. The van der Waals surface area contributed by atoms with E-state index in [1.807, 2.05) is 27.7 Å². The monoisotopic (exact) mass is 607 g/mol. The van der Waals surface area contributed by atoms with Gasteiger partial charge in [-0.15, -0.1) is 0 Å². The summed E-state index contributed by atoms with van der Waals surface area (Å²) in [6.45, 7) is 9.04. The van der Waals surface area contributed by atoms with Crippen molar-refractivity contribution in [3.05, 3.63) is 74.7 Å². The van der Waals surface area contributed by atoms with Crippen LogP contribution in [-0.4, -0.2) is 63.4 Å². The topological polar surface area (TPSA) is 133 Å². The van der Waals surface area contributed by atoms with Crippen molar-refractivity contribution in [2.75, 3.05) is 32.1 Å². The van der Waals surface area contributed by atoms with Crippen molar-refractivity contribution in [1.82, 2.24) is 19.9 Å². The molecule has 1 fully saturated rings. The zero-order chi connectivity index (χ0) is 30.9. The van der Waals surface area contributed by atoms with Crippen LogP contribution in [0.15, 0.2) is 47.4 Å². The maximum atomic E-state index is 13.0. The number of carbonyl (C=O) groups is 1. The molecule has 0 spiro atoms. The summed E-state index contributed by atoms with van der Waals surface area (Å²) in [6.07, 6.45) is 2.07. The van der Waals surface area contributed by atoms with Gasteiger partial charge in [0.2, 0.25) is 0 Å². The van der Waals surface area contributed by atoms with Crippen molar-refractivity contribution in [1.29, 1.82) is 0 Å². The van der Waals surface area contributed by atoms with Gasteiger partial charge in [0, 0.05) is 25.8 Å². The number of piperidine rings is 1. The minimum absolute atomic E-state index is 0.143. The average molecular weight is 608 g/mol. The molecule has 4 aromatic rings. The van der Waals surface area contributed by atoms with Crippen molar-refractivity contribution < 1.29 is 19.4 Å². The number of aliphatic hydroxyl groups is 1. The van der Waals surface area contributed by atoms with Crippen LogP contribution in [0.4, 0.5) is 10.5 Å². The Morgan fingerprint density at radius 3 is 2.63 bits per heavy atom. The number of hydrogen-bond donors (Lipinski definition) is 4. The predicted molar refractivity (Wildman–Crippen MR) is 168 cm³/mol. The number of nitrogens with zero attached hydrogens (tertiary/aromatic N) is 2. The zero-order valence-electron chi connectivity index (χ0n) is 25.1. The molecule has 0 unspecified atom stereocenters. The number of carbonyl (C=O) groups excluding carboxylic acids is 1. The first-order valence-electron chi connectivity index (χ1n) is 14.4. The lowest BCUT2D eigenvalue weighted by Crippen LogP contribution is -2.41. The highest BCUT2D eigenvalue weighted by atomic mass is 35.5. The van der Waals surface area contributed by atoms with E-state index < -0.39 is 11.7 Å². The third-order valence-electron chi connectivity index (χ3n) is 7.66. The first kappa shape index (κ1) is 30.4. The van der Waals surface area contributed by atoms with Crippen LogP contribution in [0.25, 0.3) is 22.4 Å². The predicted octanol–water partition coefficient (Wildman–Crippen LogP) is 6.15. The van der Waals surface area contributed by atoms with Crippen molar-refractivity contribution >= 4 is 34.4 Å². The summed E-state index contributed by atoms with van der Waals surface area (Å²) in [5.74, 6) is 1.25. The quantitative estimate of drug-likeness (QED) is 0.198. The maximum Gasteiger partial charge on any atom is 0.410 e. The maximum absolute atomic E-state index is 13.0. The third-order valence-corrected chi connectivity index (χ3v) is 7.96. The fourth-order valence-electron chi connectivity index (χ4n) is 5.47. The second kappa shape index (κ2) is 12.3. The van der Waals surface area contributed by atoms with Crippen molar-refractivity contribution in [3.8, 4) is 17.1 Å². The highest BCUT2D eigenvalue weighted by Crippen LogP contribution is 2.34. The number of fused-ring (bicyclic) bond motifs is 1. The van der Waals surface area contributed by atoms with Gasteiger partial charge < -0.3 is 34.8 Å². The second-order valence-electron chi connectivity index (χ2n) is 11.9. The van der Waals surface area contributed by atoms with E-state index in [0.29, 0.717) is 52.4 Å². The van der Waals surface area contributed by atoms with E-state index in [0.717, 1.165) is 29.4 Å². The minimum atomic E-state index is -0.877. The number of anilines is 1. The summed E-state index contributed by atoms with van der Waals surface area (Å²) in [4.78, 5) is 38.2. The molecule has 4 N–H and O–H groups in total. The summed E-state index contributed by atoms with van der Waals surface area (Å²) in [5, 5.41) is 14.4. The Kier molecular flexibility index (Phi) is 8.71. The molecule has 5 rings (SSSR count). The van der Waals surface area contributed by atoms with Gasteiger partial charge in [-0.1, -0.05) is 23.7 Å². The van der Waals surface area contributed by atoms with Crippen LogP contribution in [-0.2, 0) is 4.74 Å². The summed E-state index contributed by atoms with van der Waals surface area (Å²) >= 11 is 6.23. The second-order valence-corrected chi connectivity index (χ2v) is 12.4. The van der Waals surface area contributed by atoms with Crippen LogP contribution in [0, 0.1) is 6.92 Å². The van der Waals surface area contributed by atoms with Gasteiger partial charge in [0.1, 0.15) is 22.7 Å². The van der Waals surface area contributed by atoms with Gasteiger partial charge in [0.15, 0.2) is 0 Å². The number of likely N-dealkylation sites (tertiary alicyclic amines) is 1. The standard InChI is InChI=1S/C32H38ClN5O5/c1-18-14-21(19-9-12-38(13-10-19)31(41)43-32(2,3)4)16-24-28(18)37-29(36-24)27-23(8-11-34-30(27)40)35-17-25(39)20-6-7-26(42-5)22(33)15-20/h6-8,11,14-16,19,25,39H,9-10,12-13,17H2,1-5H3,(H,36,37)(H2,34,35,40)/t25-/m1/s1. The summed E-state index contributed by atoms with van der Waals surface area (Å²) in [5.41, 5.74) is 4.47. The van der Waals surface area contributed by atoms with E-state index in [1.165, 1.54) is 12.7 Å². The van der Waals surface area contributed by atoms with Gasteiger partial charge in [0.05, 0.1) is 35.0 Å². The lowest BCUT2D eigenvalue weighted by atomic mass is 9.88. The minimum Gasteiger partial charge on any atom is -0.495 e. The number of aromatic nitrogens is 3. The summed E-state index contributed by atoms with van der Waals surface area (Å²) < 4.78 is 10.7. The molecule has 2 aromatic heterocycles. The van der Waals surface area contributed by atoms with Crippen LogP contribution < -0.4 is 15.6 Å². The highest BCUT2D eigenvalue weighted by molar-refractivity contribution is 6.32. The number of aromatic amines is 2. The molecule has 0 radical (unpaired) electrons. The molecule has 228 valence electrons. The van der Waals surface area contributed by atoms with E-state index in [2.05, 4.69) is 27.4 Å². The lowest BCUT2D eigenvalue weighted by Gasteiger charge is -2.33. The molecule has 43 heavy (non-hydrogen) atoms. The van der Waals surface area contributed by atoms with E-state index in [9.17, 15) is 14.7 Å². The molecule has 10 nitrogen and oxygen atoms in total. The Balaban J connectivity index is 1.34. The molecule has 2 aromatic carbocycles. The van der Waals surface area contributed by atoms with Gasteiger partial charge in [0.25, 0.3) is 5.56 Å². The summed E-state index contributed by atoms with van der Waals surface area (Å²) in [7, 11) is 1.53. The fourth-order valence-corrected chi connectivity index (χ4v) is 5.74. The first-order chi connectivity index (χ1) is 20.4. The number of amides is 1. The molecule has 1 saturated heterocycles. The third kappa shape index (κ3) is 6.81. The number of H-pyrrole nitrogens is 2. The normalized spacial score (nSPS) is 15.0. The molecule has 0 saturated carbocycles. The van der Waals surface area contributed by atoms with Gasteiger partial charge in [-0.05, 0) is 87.4 Å². The van der Waals surface area contributed by atoms with Gasteiger partial charge >= 0.3 is 6.09 Å². The smallest absolute Gasteiger partial charge is 0.410 e. The van der Waals surface area contributed by atoms with Crippen LogP contribution in [0.2, 0.25) is 5.02 Å². The van der Waals surface area contributed by atoms with Gasteiger partial charge in [-0.2, -0.15) is 0 Å². The largest absolute Gasteiger partial charge is 0.495 e. The van der Waals surface area contributed by atoms with Crippen LogP contribution >= 0.6 is 11.6 Å². The number of hydrogen-bond acceptors (Lipinski definition) is 7. The molecule has 1 aliphatic heterocycles. The van der Waals surface area contributed by atoms with Gasteiger partial charge in [-0.25, -0.2) is 9.78 Å². The van der Waals surface area contributed by atoms with Crippen LogP contribution in [0.1, 0.15) is 62.3 Å². The molecule has 0 bridgehead atoms. The Labute approximate surface area is 255 Å². The number of rotatable bonds is 7. The Hall–Kier alpha value is -4.02. The number of pyridine rings is 1. The lowest BCUT2D eigenvalue weighted by molar-refractivity contribution is 0.0205. The average Bonchev–Trinajstić information content (AvgIpc) is 3.39. The molecule has 0 aliphatic carbocycles. The van der Waals surface area contributed by atoms with Crippen molar-refractivity contribution in [2.45, 2.75) is 58.2 Å². The van der Waals surface area contributed by atoms with E-state index >= 15 is 0 Å². The zero-order valence-corrected chi connectivity index (χ0v) is 25.8. The Morgan fingerprint density at radius 1 is 1.21 bits per heavy atom. The number of benzene rings is 2. The molecule has 3 heterocycles. The van der Waals surface area contributed by atoms with E-state index in [4.69, 9.17) is 26.1 Å². The highest BCUT2D eigenvalue weighted by Gasteiger charge is 2.28. The van der Waals surface area contributed by atoms with E-state index in [-0.39, 0.29) is 18.2 Å². The molecule has 1 amide bonds. The SMILES string of the molecule is COc1ccc([C@H](O)CNc2cc[nH]c(=O)c2-c2nc3c(C)cc(C4CCN(C(=O)OC(C)(C)C)CC4)cc3[nH]2)cc1Cl. The van der Waals surface area contributed by atoms with Crippen molar-refractivity contribution in [3.63, 3.8) is 0 Å². The molecule has 1 atom stereocenters. The number of aryl methyl sites for hydroxylation is 1. The van der Waals surface area contributed by atoms with Crippen molar-refractivity contribution in [2.24, 2.45) is 0 Å². The molecule has 11 heteroatoms. The fraction of sp³-hybridized carbons (Fsp3) is 0.406. The van der Waals surface area contributed by atoms with Crippen LogP contribution in [0.5, 0.6) is 5.75 Å². The number of methoxy groups -OCH3 is 1. The van der Waals surface area contributed by atoms with Gasteiger partial charge in [-0.3, -0.25) is 4.79 Å². The number of aliphatic hydroxyl groups excluding tert-OH is 1. The number of halogens is 1.